The first-order chi connectivity index (χ1) is 4.22. The Labute approximate surface area is 54.1 Å². The van der Waals surface area contributed by atoms with E-state index in [4.69, 9.17) is 15.4 Å². The Kier molecular flexibility index (Phi) is 4.61. The van der Waals surface area contributed by atoms with Crippen LogP contribution in [-0.4, -0.2) is 27.8 Å². The summed E-state index contributed by atoms with van der Waals surface area (Å²) in [5.74, 6) is 0. The number of nitrogens with one attached hydrogen (secondary N) is 1. The summed E-state index contributed by atoms with van der Waals surface area (Å²) in [7, 11) is 0. The van der Waals surface area contributed by atoms with Crippen molar-refractivity contribution in [3.05, 3.63) is 0 Å². The van der Waals surface area contributed by atoms with Crippen LogP contribution < -0.4 is 5.48 Å². The topological polar surface area (TPSA) is 72.7 Å². The summed E-state index contributed by atoms with van der Waals surface area (Å²) in [6, 6.07) is 0. The minimum atomic E-state index is -1.22. The first-order valence-corrected chi connectivity index (χ1v) is 2.98. The van der Waals surface area contributed by atoms with Gasteiger partial charge in [0, 0.05) is 0 Å². The molecule has 2 atom stereocenters. The van der Waals surface area contributed by atoms with Crippen LogP contribution in [-0.2, 0) is 0 Å². The molecule has 0 aromatic rings. The zero-order valence-corrected chi connectivity index (χ0v) is 5.41. The molecule has 0 fully saturated rings. The molecule has 0 aliphatic carbocycles. The number of aliphatic hydroxyl groups is 2. The highest BCUT2D eigenvalue weighted by molar-refractivity contribution is 4.58. The Bertz CT molecular complexity index is 69.2. The first-order valence-electron chi connectivity index (χ1n) is 2.98. The van der Waals surface area contributed by atoms with E-state index in [9.17, 15) is 0 Å². The number of rotatable bonds is 4. The van der Waals surface area contributed by atoms with Gasteiger partial charge in [-0.1, -0.05) is 13.3 Å². The Morgan fingerprint density at radius 2 is 2.00 bits per heavy atom. The van der Waals surface area contributed by atoms with Gasteiger partial charge in [0.2, 0.25) is 0 Å². The van der Waals surface area contributed by atoms with Crippen molar-refractivity contribution < 1.29 is 15.4 Å². The van der Waals surface area contributed by atoms with Crippen molar-refractivity contribution in [3.8, 4) is 0 Å². The maximum Gasteiger partial charge on any atom is 0.152 e. The van der Waals surface area contributed by atoms with Gasteiger partial charge in [-0.15, -0.1) is 0 Å². The molecule has 0 aromatic carbocycles. The molecule has 4 N–H and O–H groups in total. The van der Waals surface area contributed by atoms with E-state index in [0.717, 1.165) is 6.42 Å². The third-order valence-corrected chi connectivity index (χ3v) is 1.08. The summed E-state index contributed by atoms with van der Waals surface area (Å²) in [4.78, 5) is 0. The zero-order valence-electron chi connectivity index (χ0n) is 5.41. The molecule has 0 rings (SSSR count). The van der Waals surface area contributed by atoms with Crippen molar-refractivity contribution in [2.45, 2.75) is 32.1 Å². The Hall–Kier alpha value is -0.160. The molecule has 56 valence electrons. The van der Waals surface area contributed by atoms with Crippen LogP contribution in [0.2, 0.25) is 0 Å². The van der Waals surface area contributed by atoms with Crippen LogP contribution in [0, 0.1) is 0 Å². The molecule has 0 spiro atoms. The van der Waals surface area contributed by atoms with E-state index in [0.29, 0.717) is 6.42 Å². The van der Waals surface area contributed by atoms with Crippen LogP contribution in [0.25, 0.3) is 0 Å². The van der Waals surface area contributed by atoms with Gasteiger partial charge >= 0.3 is 0 Å². The largest absolute Gasteiger partial charge is 0.389 e. The third-order valence-electron chi connectivity index (χ3n) is 1.08. The third kappa shape index (κ3) is 3.42. The van der Waals surface area contributed by atoms with Crippen LogP contribution in [0.3, 0.4) is 0 Å². The molecule has 2 unspecified atom stereocenters. The maximum atomic E-state index is 8.85. The fourth-order valence-electron chi connectivity index (χ4n) is 0.540. The molecule has 0 amide bonds. The van der Waals surface area contributed by atoms with Gasteiger partial charge in [0.1, 0.15) is 0 Å². The maximum absolute atomic E-state index is 8.85. The second-order valence-corrected chi connectivity index (χ2v) is 1.93. The van der Waals surface area contributed by atoms with E-state index in [1.54, 1.807) is 5.48 Å². The molecule has 0 saturated heterocycles. The predicted molar refractivity (Wildman–Crippen MR) is 31.8 cm³/mol. The van der Waals surface area contributed by atoms with Crippen LogP contribution in [0.1, 0.15) is 19.8 Å². The van der Waals surface area contributed by atoms with Crippen molar-refractivity contribution in [2.24, 2.45) is 0 Å². The van der Waals surface area contributed by atoms with Gasteiger partial charge in [0.05, 0.1) is 6.10 Å². The Balaban J connectivity index is 3.32. The average Bonchev–Trinajstić information content (AvgIpc) is 1.87. The van der Waals surface area contributed by atoms with E-state index in [2.05, 4.69) is 0 Å². The van der Waals surface area contributed by atoms with Crippen LogP contribution in [0.15, 0.2) is 0 Å². The fraction of sp³-hybridized carbons (Fsp3) is 1.00. The lowest BCUT2D eigenvalue weighted by molar-refractivity contribution is -0.0753. The van der Waals surface area contributed by atoms with Gasteiger partial charge in [-0.3, -0.25) is 0 Å². The first kappa shape index (κ1) is 8.84. The van der Waals surface area contributed by atoms with E-state index >= 15 is 0 Å². The summed E-state index contributed by atoms with van der Waals surface area (Å²) < 4.78 is 0. The van der Waals surface area contributed by atoms with E-state index < -0.39 is 12.3 Å². The molecule has 0 radical (unpaired) electrons. The highest BCUT2D eigenvalue weighted by atomic mass is 16.5. The summed E-state index contributed by atoms with van der Waals surface area (Å²) >= 11 is 0. The molecule has 0 bridgehead atoms. The van der Waals surface area contributed by atoms with Crippen molar-refractivity contribution in [2.75, 3.05) is 0 Å². The van der Waals surface area contributed by atoms with Crippen LogP contribution in [0.5, 0.6) is 0 Å². The average molecular weight is 135 g/mol. The second-order valence-electron chi connectivity index (χ2n) is 1.93. The fourth-order valence-corrected chi connectivity index (χ4v) is 0.540. The summed E-state index contributed by atoms with van der Waals surface area (Å²) in [5, 5.41) is 25.6. The Morgan fingerprint density at radius 1 is 1.44 bits per heavy atom. The molecule has 4 heteroatoms. The molecular weight excluding hydrogens is 122 g/mol. The van der Waals surface area contributed by atoms with E-state index in [1.165, 1.54) is 0 Å². The monoisotopic (exact) mass is 135 g/mol. The standard InChI is InChI=1S/C5H13NO3/c1-2-3-4(7)5(8)6-9/h4-9H,2-3H2,1H3. The predicted octanol–water partition coefficient (Wildman–Crippen LogP) is -0.555. The lowest BCUT2D eigenvalue weighted by atomic mass is 10.2. The van der Waals surface area contributed by atoms with E-state index in [1.807, 2.05) is 6.92 Å². The van der Waals surface area contributed by atoms with Gasteiger partial charge in [-0.2, -0.15) is 5.48 Å². The molecule has 0 saturated carbocycles. The van der Waals surface area contributed by atoms with Gasteiger partial charge < -0.3 is 15.4 Å². The van der Waals surface area contributed by atoms with Gasteiger partial charge in [-0.05, 0) is 6.42 Å². The highest BCUT2D eigenvalue weighted by Crippen LogP contribution is 1.98. The summed E-state index contributed by atoms with van der Waals surface area (Å²) in [6.07, 6.45) is -0.834. The molecule has 4 nitrogen and oxygen atoms in total. The lowest BCUT2D eigenvalue weighted by Gasteiger charge is -2.14. The van der Waals surface area contributed by atoms with Gasteiger partial charge in [0.15, 0.2) is 6.23 Å². The normalized spacial score (nSPS) is 17.3. The second kappa shape index (κ2) is 4.69. The minimum Gasteiger partial charge on any atom is -0.389 e. The quantitative estimate of drug-likeness (QED) is 0.308. The summed E-state index contributed by atoms with van der Waals surface area (Å²) in [6.45, 7) is 1.88. The minimum absolute atomic E-state index is 0.481. The number of aliphatic hydroxyl groups excluding tert-OH is 2. The molecule has 0 aliphatic heterocycles. The molecular formula is C5H13NO3. The van der Waals surface area contributed by atoms with Crippen LogP contribution in [0.4, 0.5) is 0 Å². The highest BCUT2D eigenvalue weighted by Gasteiger charge is 2.12. The van der Waals surface area contributed by atoms with Gasteiger partial charge in [0.25, 0.3) is 0 Å². The molecule has 0 aromatic heterocycles. The Morgan fingerprint density at radius 3 is 2.33 bits per heavy atom. The molecule has 0 heterocycles. The van der Waals surface area contributed by atoms with Crippen molar-refractivity contribution in [3.63, 3.8) is 0 Å². The number of hydrogen-bond donors (Lipinski definition) is 4. The summed E-state index contributed by atoms with van der Waals surface area (Å²) in [5.41, 5.74) is 1.56. The van der Waals surface area contributed by atoms with Crippen LogP contribution >= 0.6 is 0 Å². The van der Waals surface area contributed by atoms with Crippen molar-refractivity contribution >= 4 is 0 Å². The van der Waals surface area contributed by atoms with Gasteiger partial charge in [-0.25, -0.2) is 0 Å². The SMILES string of the molecule is CCCC(O)C(O)NO. The molecule has 9 heavy (non-hydrogen) atoms. The number of hydrogen-bond acceptors (Lipinski definition) is 4. The van der Waals surface area contributed by atoms with Crippen molar-refractivity contribution in [1.29, 1.82) is 0 Å². The lowest BCUT2D eigenvalue weighted by Crippen LogP contribution is -2.37. The number of hydroxylamine groups is 1. The van der Waals surface area contributed by atoms with E-state index in [-0.39, 0.29) is 0 Å². The smallest absolute Gasteiger partial charge is 0.152 e. The molecule has 0 aliphatic rings. The zero-order chi connectivity index (χ0) is 7.28. The van der Waals surface area contributed by atoms with Crippen molar-refractivity contribution in [1.82, 2.24) is 5.48 Å².